The van der Waals surface area contributed by atoms with Crippen molar-refractivity contribution in [1.29, 1.82) is 0 Å². The highest BCUT2D eigenvalue weighted by molar-refractivity contribution is 7.89. The molecule has 1 aromatic carbocycles. The van der Waals surface area contributed by atoms with Crippen LogP contribution in [0.3, 0.4) is 0 Å². The van der Waals surface area contributed by atoms with Gasteiger partial charge in [-0.3, -0.25) is 4.79 Å². The number of hydrogen-bond acceptors (Lipinski definition) is 4. The molecule has 0 aromatic heterocycles. The molecule has 1 saturated carbocycles. The molecule has 1 fully saturated rings. The molecule has 0 spiro atoms. The highest BCUT2D eigenvalue weighted by Crippen LogP contribution is 2.18. The van der Waals surface area contributed by atoms with E-state index in [0.29, 0.717) is 0 Å². The summed E-state index contributed by atoms with van der Waals surface area (Å²) >= 11 is 0. The van der Waals surface area contributed by atoms with Gasteiger partial charge in [0.1, 0.15) is 5.75 Å². The molecule has 0 bridgehead atoms. The van der Waals surface area contributed by atoms with E-state index in [-0.39, 0.29) is 35.6 Å². The molecule has 6 nitrogen and oxygen atoms in total. The summed E-state index contributed by atoms with van der Waals surface area (Å²) < 4.78 is 26.0. The predicted octanol–water partition coefficient (Wildman–Crippen LogP) is 0.339. The van der Waals surface area contributed by atoms with Crippen LogP contribution in [0.25, 0.3) is 0 Å². The average molecular weight is 284 g/mol. The molecule has 0 atom stereocenters. The maximum absolute atomic E-state index is 11.8. The molecule has 0 saturated heterocycles. The molecule has 0 heterocycles. The maximum Gasteiger partial charge on any atom is 0.240 e. The second-order valence-corrected chi connectivity index (χ2v) is 6.25. The van der Waals surface area contributed by atoms with Gasteiger partial charge >= 0.3 is 0 Å². The smallest absolute Gasteiger partial charge is 0.240 e. The van der Waals surface area contributed by atoms with Crippen LogP contribution in [0.15, 0.2) is 29.2 Å². The Morgan fingerprint density at radius 2 is 2.11 bits per heavy atom. The first-order valence-electron chi connectivity index (χ1n) is 6.05. The van der Waals surface area contributed by atoms with Gasteiger partial charge in [0.2, 0.25) is 15.9 Å². The number of amides is 1. The van der Waals surface area contributed by atoms with Crippen LogP contribution in [0.5, 0.6) is 5.75 Å². The summed E-state index contributed by atoms with van der Waals surface area (Å²) in [6.45, 7) is 0.0382. The van der Waals surface area contributed by atoms with E-state index in [2.05, 4.69) is 10.0 Å². The molecule has 104 valence electrons. The van der Waals surface area contributed by atoms with Gasteiger partial charge in [0.15, 0.2) is 0 Å². The third-order valence-corrected chi connectivity index (χ3v) is 4.17. The maximum atomic E-state index is 11.8. The van der Waals surface area contributed by atoms with Crippen molar-refractivity contribution in [2.45, 2.75) is 30.2 Å². The van der Waals surface area contributed by atoms with Crippen molar-refractivity contribution in [3.8, 4) is 5.75 Å². The van der Waals surface area contributed by atoms with E-state index in [1.54, 1.807) is 0 Å². The Morgan fingerprint density at radius 3 is 2.74 bits per heavy atom. The van der Waals surface area contributed by atoms with Crippen molar-refractivity contribution in [3.63, 3.8) is 0 Å². The number of benzene rings is 1. The zero-order chi connectivity index (χ0) is 13.9. The lowest BCUT2D eigenvalue weighted by Gasteiger charge is -2.07. The van der Waals surface area contributed by atoms with Gasteiger partial charge in [-0.15, -0.1) is 0 Å². The number of nitrogens with one attached hydrogen (secondary N) is 2. The third kappa shape index (κ3) is 4.22. The van der Waals surface area contributed by atoms with Gasteiger partial charge in [0.25, 0.3) is 0 Å². The van der Waals surface area contributed by atoms with Crippen LogP contribution in [0.1, 0.15) is 19.3 Å². The zero-order valence-corrected chi connectivity index (χ0v) is 11.1. The largest absolute Gasteiger partial charge is 0.508 e. The molecule has 1 aliphatic rings. The Morgan fingerprint density at radius 1 is 1.37 bits per heavy atom. The summed E-state index contributed by atoms with van der Waals surface area (Å²) in [6, 6.07) is 5.65. The Hall–Kier alpha value is -1.60. The monoisotopic (exact) mass is 284 g/mol. The molecular formula is C12H16N2O4S. The first kappa shape index (κ1) is 13.8. The molecule has 1 aliphatic carbocycles. The summed E-state index contributed by atoms with van der Waals surface area (Å²) in [5.74, 6) is -0.268. The predicted molar refractivity (Wildman–Crippen MR) is 69.1 cm³/mol. The minimum atomic E-state index is -3.68. The van der Waals surface area contributed by atoms with Gasteiger partial charge in [-0.2, -0.15) is 0 Å². The number of phenolic OH excluding ortho intramolecular Hbond substituents is 1. The number of rotatable bonds is 6. The van der Waals surface area contributed by atoms with Crippen molar-refractivity contribution in [2.75, 3.05) is 6.54 Å². The van der Waals surface area contributed by atoms with E-state index in [1.807, 2.05) is 0 Å². The lowest BCUT2D eigenvalue weighted by Crippen LogP contribution is -2.31. The number of phenols is 1. The van der Waals surface area contributed by atoms with Crippen LogP contribution >= 0.6 is 0 Å². The topological polar surface area (TPSA) is 95.5 Å². The molecular weight excluding hydrogens is 268 g/mol. The minimum Gasteiger partial charge on any atom is -0.508 e. The Kier molecular flexibility index (Phi) is 4.06. The van der Waals surface area contributed by atoms with Gasteiger partial charge < -0.3 is 10.4 Å². The molecule has 1 amide bonds. The number of aromatic hydroxyl groups is 1. The van der Waals surface area contributed by atoms with Gasteiger partial charge in [-0.05, 0) is 31.0 Å². The quantitative estimate of drug-likeness (QED) is 0.702. The standard InChI is InChI=1S/C12H16N2O4S/c15-10-2-1-3-11(8-10)19(17,18)13-7-6-12(16)14-9-4-5-9/h1-3,8-9,13,15H,4-7H2,(H,14,16). The van der Waals surface area contributed by atoms with Gasteiger partial charge in [0, 0.05) is 19.0 Å². The minimum absolute atomic E-state index is 0.0184. The molecule has 0 aliphatic heterocycles. The second-order valence-electron chi connectivity index (χ2n) is 4.49. The Bertz CT molecular complexity index is 567. The lowest BCUT2D eigenvalue weighted by atomic mass is 10.3. The SMILES string of the molecule is O=C(CCNS(=O)(=O)c1cccc(O)c1)NC1CC1. The van der Waals surface area contributed by atoms with Crippen molar-refractivity contribution in [2.24, 2.45) is 0 Å². The second kappa shape index (κ2) is 5.58. The fraction of sp³-hybridized carbons (Fsp3) is 0.417. The molecule has 2 rings (SSSR count). The Labute approximate surface area is 111 Å². The van der Waals surface area contributed by atoms with Crippen molar-refractivity contribution in [1.82, 2.24) is 10.0 Å². The van der Waals surface area contributed by atoms with Crippen molar-refractivity contribution < 1.29 is 18.3 Å². The molecule has 3 N–H and O–H groups in total. The van der Waals surface area contributed by atoms with Crippen LogP contribution in [0.4, 0.5) is 0 Å². The van der Waals surface area contributed by atoms with Crippen LogP contribution in [-0.4, -0.2) is 32.0 Å². The Balaban J connectivity index is 1.85. The molecule has 0 unspecified atom stereocenters. The molecule has 7 heteroatoms. The fourth-order valence-electron chi connectivity index (χ4n) is 1.56. The number of sulfonamides is 1. The van der Waals surface area contributed by atoms with E-state index in [9.17, 15) is 18.3 Å². The van der Waals surface area contributed by atoms with Crippen LogP contribution in [0.2, 0.25) is 0 Å². The first-order valence-corrected chi connectivity index (χ1v) is 7.54. The lowest BCUT2D eigenvalue weighted by molar-refractivity contribution is -0.121. The van der Waals surface area contributed by atoms with E-state index < -0.39 is 10.0 Å². The van der Waals surface area contributed by atoms with Crippen molar-refractivity contribution >= 4 is 15.9 Å². The molecule has 19 heavy (non-hydrogen) atoms. The highest BCUT2D eigenvalue weighted by Gasteiger charge is 2.23. The van der Waals surface area contributed by atoms with E-state index >= 15 is 0 Å². The summed E-state index contributed by atoms with van der Waals surface area (Å²) in [7, 11) is -3.68. The van der Waals surface area contributed by atoms with Crippen LogP contribution in [-0.2, 0) is 14.8 Å². The fourth-order valence-corrected chi connectivity index (χ4v) is 2.63. The first-order chi connectivity index (χ1) is 8.97. The van der Waals surface area contributed by atoms with E-state index in [4.69, 9.17) is 0 Å². The summed E-state index contributed by atoms with van der Waals surface area (Å²) in [5, 5.41) is 12.0. The summed E-state index contributed by atoms with van der Waals surface area (Å²) in [4.78, 5) is 11.4. The van der Waals surface area contributed by atoms with Gasteiger partial charge in [0.05, 0.1) is 4.90 Å². The van der Waals surface area contributed by atoms with Gasteiger partial charge in [-0.25, -0.2) is 13.1 Å². The summed E-state index contributed by atoms with van der Waals surface area (Å²) in [6.07, 6.45) is 2.11. The highest BCUT2D eigenvalue weighted by atomic mass is 32.2. The van der Waals surface area contributed by atoms with Crippen molar-refractivity contribution in [3.05, 3.63) is 24.3 Å². The number of carbonyl (C=O) groups is 1. The average Bonchev–Trinajstić information content (AvgIpc) is 3.12. The summed E-state index contributed by atoms with van der Waals surface area (Å²) in [5.41, 5.74) is 0. The third-order valence-electron chi connectivity index (χ3n) is 2.71. The number of hydrogen-bond donors (Lipinski definition) is 3. The van der Waals surface area contributed by atoms with Gasteiger partial charge in [-0.1, -0.05) is 6.07 Å². The van der Waals surface area contributed by atoms with Crippen LogP contribution < -0.4 is 10.0 Å². The normalized spacial score (nSPS) is 15.2. The molecule has 0 radical (unpaired) electrons. The zero-order valence-electron chi connectivity index (χ0n) is 10.3. The number of carbonyl (C=O) groups excluding carboxylic acids is 1. The van der Waals surface area contributed by atoms with Crippen LogP contribution in [0, 0.1) is 0 Å². The van der Waals surface area contributed by atoms with E-state index in [1.165, 1.54) is 18.2 Å². The molecule has 1 aromatic rings. The van der Waals surface area contributed by atoms with E-state index in [0.717, 1.165) is 18.9 Å².